The highest BCUT2D eigenvalue weighted by Crippen LogP contribution is 2.19. The first kappa shape index (κ1) is 15.1. The van der Waals surface area contributed by atoms with Crippen molar-refractivity contribution in [2.75, 3.05) is 5.32 Å². The highest BCUT2D eigenvalue weighted by molar-refractivity contribution is 6.03. The number of benzene rings is 1. The molecule has 0 spiro atoms. The first-order valence-electron chi connectivity index (χ1n) is 7.38. The predicted molar refractivity (Wildman–Crippen MR) is 86.2 cm³/mol. The Morgan fingerprint density at radius 1 is 1.26 bits per heavy atom. The van der Waals surface area contributed by atoms with Gasteiger partial charge in [-0.3, -0.25) is 4.79 Å². The van der Waals surface area contributed by atoms with Gasteiger partial charge in [0.1, 0.15) is 11.5 Å². The molecule has 1 N–H and O–H groups in total. The number of aryl methyl sites for hydroxylation is 1. The molecule has 0 unspecified atom stereocenters. The van der Waals surface area contributed by atoms with E-state index in [0.717, 1.165) is 11.3 Å². The number of hydrogen-bond acceptors (Lipinski definition) is 3. The molecule has 1 aromatic carbocycles. The lowest BCUT2D eigenvalue weighted by molar-refractivity contribution is 0.102. The number of halogens is 1. The molecule has 23 heavy (non-hydrogen) atoms. The minimum atomic E-state index is -0.474. The van der Waals surface area contributed by atoms with Gasteiger partial charge in [-0.15, -0.1) is 0 Å². The van der Waals surface area contributed by atoms with Crippen molar-refractivity contribution in [1.82, 2.24) is 14.6 Å². The number of anilines is 1. The number of carbonyl (C=O) groups excluding carboxylic acids is 1. The molecule has 3 aromatic rings. The molecule has 6 heteroatoms. The fourth-order valence-electron chi connectivity index (χ4n) is 2.39. The Kier molecular flexibility index (Phi) is 3.82. The maximum absolute atomic E-state index is 13.8. The third-order valence-electron chi connectivity index (χ3n) is 3.58. The Bertz CT molecular complexity index is 885. The van der Waals surface area contributed by atoms with Gasteiger partial charge in [0.15, 0.2) is 5.65 Å². The summed E-state index contributed by atoms with van der Waals surface area (Å²) in [6.45, 7) is 5.86. The number of hydrogen-bond donors (Lipinski definition) is 1. The van der Waals surface area contributed by atoms with Crippen molar-refractivity contribution in [2.24, 2.45) is 0 Å². The van der Waals surface area contributed by atoms with E-state index in [9.17, 15) is 9.18 Å². The molecule has 0 aliphatic heterocycles. The van der Waals surface area contributed by atoms with E-state index in [-0.39, 0.29) is 17.3 Å². The van der Waals surface area contributed by atoms with Gasteiger partial charge < -0.3 is 5.32 Å². The molecule has 0 saturated carbocycles. The first-order valence-corrected chi connectivity index (χ1v) is 7.38. The van der Waals surface area contributed by atoms with E-state index in [2.05, 4.69) is 15.4 Å². The topological polar surface area (TPSA) is 59.3 Å². The average Bonchev–Trinajstić information content (AvgIpc) is 2.98. The van der Waals surface area contributed by atoms with Crippen molar-refractivity contribution in [3.63, 3.8) is 0 Å². The molecular weight excluding hydrogens is 295 g/mol. The lowest BCUT2D eigenvalue weighted by Crippen LogP contribution is -2.17. The number of amides is 1. The lowest BCUT2D eigenvalue weighted by atomic mass is 10.1. The number of nitrogens with one attached hydrogen (secondary N) is 1. The predicted octanol–water partition coefficient (Wildman–Crippen LogP) is 3.55. The van der Waals surface area contributed by atoms with Crippen LogP contribution in [0.15, 0.2) is 36.5 Å². The van der Waals surface area contributed by atoms with Crippen molar-refractivity contribution >= 4 is 17.2 Å². The van der Waals surface area contributed by atoms with E-state index in [1.54, 1.807) is 35.0 Å². The van der Waals surface area contributed by atoms with Crippen LogP contribution in [0.4, 0.5) is 10.1 Å². The van der Waals surface area contributed by atoms with Crippen molar-refractivity contribution in [1.29, 1.82) is 0 Å². The van der Waals surface area contributed by atoms with Gasteiger partial charge in [-0.1, -0.05) is 19.9 Å². The van der Waals surface area contributed by atoms with Crippen molar-refractivity contribution < 1.29 is 9.18 Å². The second kappa shape index (κ2) is 5.79. The van der Waals surface area contributed by atoms with Gasteiger partial charge in [0.25, 0.3) is 5.91 Å². The number of fused-ring (bicyclic) bond motifs is 1. The summed E-state index contributed by atoms with van der Waals surface area (Å²) in [5, 5.41) is 6.80. The number of rotatable bonds is 3. The van der Waals surface area contributed by atoms with Gasteiger partial charge in [0.2, 0.25) is 0 Å². The van der Waals surface area contributed by atoms with Crippen LogP contribution in [0.3, 0.4) is 0 Å². The molecule has 0 aliphatic carbocycles. The van der Waals surface area contributed by atoms with Crippen molar-refractivity contribution in [3.05, 3.63) is 59.3 Å². The zero-order valence-corrected chi connectivity index (χ0v) is 13.2. The molecular formula is C17H17FN4O. The van der Waals surface area contributed by atoms with E-state index in [1.165, 1.54) is 6.07 Å². The second-order valence-electron chi connectivity index (χ2n) is 5.76. The first-order chi connectivity index (χ1) is 11.0. The van der Waals surface area contributed by atoms with Crippen LogP contribution in [-0.4, -0.2) is 20.5 Å². The van der Waals surface area contributed by atoms with E-state index < -0.39 is 11.7 Å². The van der Waals surface area contributed by atoms with Crippen LogP contribution in [0.5, 0.6) is 0 Å². The SMILES string of the molecule is Cc1ccc(F)c(NC(=O)c2cc(C(C)C)n3nccc3n2)c1. The van der Waals surface area contributed by atoms with Gasteiger partial charge in [0.05, 0.1) is 11.9 Å². The van der Waals surface area contributed by atoms with Crippen LogP contribution < -0.4 is 5.32 Å². The minimum absolute atomic E-state index is 0.149. The third kappa shape index (κ3) is 2.92. The van der Waals surface area contributed by atoms with E-state index >= 15 is 0 Å². The molecule has 118 valence electrons. The highest BCUT2D eigenvalue weighted by Gasteiger charge is 2.16. The molecule has 1 amide bonds. The van der Waals surface area contributed by atoms with E-state index in [4.69, 9.17) is 0 Å². The van der Waals surface area contributed by atoms with Crippen LogP contribution in [0.1, 0.15) is 41.5 Å². The Balaban J connectivity index is 1.99. The van der Waals surface area contributed by atoms with Crippen LogP contribution in [-0.2, 0) is 0 Å². The summed E-state index contributed by atoms with van der Waals surface area (Å²) < 4.78 is 15.5. The zero-order valence-electron chi connectivity index (χ0n) is 13.2. The summed E-state index contributed by atoms with van der Waals surface area (Å²) in [7, 11) is 0. The van der Waals surface area contributed by atoms with Crippen molar-refractivity contribution in [2.45, 2.75) is 26.7 Å². The molecule has 0 aliphatic rings. The normalized spacial score (nSPS) is 11.2. The fraction of sp³-hybridized carbons (Fsp3) is 0.235. The molecule has 2 aromatic heterocycles. The average molecular weight is 312 g/mol. The highest BCUT2D eigenvalue weighted by atomic mass is 19.1. The Labute approximate surface area is 133 Å². The second-order valence-corrected chi connectivity index (χ2v) is 5.76. The molecule has 2 heterocycles. The Hall–Kier alpha value is -2.76. The number of carbonyl (C=O) groups is 1. The summed E-state index contributed by atoms with van der Waals surface area (Å²) in [5.74, 6) is -0.749. The van der Waals surface area contributed by atoms with Gasteiger partial charge in [-0.05, 0) is 36.6 Å². The molecule has 0 saturated heterocycles. The maximum Gasteiger partial charge on any atom is 0.274 e. The third-order valence-corrected chi connectivity index (χ3v) is 3.58. The monoisotopic (exact) mass is 312 g/mol. The Morgan fingerprint density at radius 3 is 2.78 bits per heavy atom. The van der Waals surface area contributed by atoms with Crippen LogP contribution >= 0.6 is 0 Å². The largest absolute Gasteiger partial charge is 0.318 e. The molecule has 5 nitrogen and oxygen atoms in total. The van der Waals surface area contributed by atoms with Gasteiger partial charge in [-0.2, -0.15) is 5.10 Å². The van der Waals surface area contributed by atoms with E-state index in [0.29, 0.717) is 5.65 Å². The summed E-state index contributed by atoms with van der Waals surface area (Å²) in [6, 6.07) is 7.99. The van der Waals surface area contributed by atoms with Crippen LogP contribution in [0.2, 0.25) is 0 Å². The minimum Gasteiger partial charge on any atom is -0.318 e. The number of nitrogens with zero attached hydrogens (tertiary/aromatic N) is 3. The molecule has 3 rings (SSSR count). The smallest absolute Gasteiger partial charge is 0.274 e. The summed E-state index contributed by atoms with van der Waals surface area (Å²) >= 11 is 0. The standard InChI is InChI=1S/C17H17FN4O/c1-10(2)15-9-14(20-16-6-7-19-22(15)16)17(23)21-13-8-11(3)4-5-12(13)18/h4-10H,1-3H3,(H,21,23). The summed E-state index contributed by atoms with van der Waals surface area (Å²) in [6.07, 6.45) is 1.64. The quantitative estimate of drug-likeness (QED) is 0.804. The van der Waals surface area contributed by atoms with Gasteiger partial charge in [0, 0.05) is 11.8 Å². The van der Waals surface area contributed by atoms with Crippen LogP contribution in [0, 0.1) is 12.7 Å². The molecule has 0 radical (unpaired) electrons. The summed E-state index contributed by atoms with van der Waals surface area (Å²) in [4.78, 5) is 16.7. The van der Waals surface area contributed by atoms with Crippen molar-refractivity contribution in [3.8, 4) is 0 Å². The number of aromatic nitrogens is 3. The fourth-order valence-corrected chi connectivity index (χ4v) is 2.39. The van der Waals surface area contributed by atoms with Gasteiger partial charge in [-0.25, -0.2) is 13.9 Å². The molecule has 0 fully saturated rings. The summed E-state index contributed by atoms with van der Waals surface area (Å²) in [5.41, 5.74) is 2.71. The lowest BCUT2D eigenvalue weighted by Gasteiger charge is -2.11. The van der Waals surface area contributed by atoms with E-state index in [1.807, 2.05) is 20.8 Å². The van der Waals surface area contributed by atoms with Crippen LogP contribution in [0.25, 0.3) is 5.65 Å². The Morgan fingerprint density at radius 2 is 2.04 bits per heavy atom. The maximum atomic E-state index is 13.8. The van der Waals surface area contributed by atoms with Gasteiger partial charge >= 0.3 is 0 Å². The molecule has 0 bridgehead atoms. The molecule has 0 atom stereocenters. The zero-order chi connectivity index (χ0) is 16.6.